The van der Waals surface area contributed by atoms with Crippen LogP contribution in [0.5, 0.6) is 0 Å². The van der Waals surface area contributed by atoms with Crippen LogP contribution in [0.1, 0.15) is 33.6 Å². The summed E-state index contributed by atoms with van der Waals surface area (Å²) in [6.45, 7) is 6.11. The smallest absolute Gasteiger partial charge is 0.226 e. The average Bonchev–Trinajstić information content (AvgIpc) is 2.38. The van der Waals surface area contributed by atoms with E-state index in [1.54, 1.807) is 0 Å². The van der Waals surface area contributed by atoms with Crippen LogP contribution in [0, 0.1) is 11.8 Å². The van der Waals surface area contributed by atoms with E-state index in [0.29, 0.717) is 5.92 Å². The highest BCUT2D eigenvalue weighted by molar-refractivity contribution is 5.80. The number of ether oxygens (including phenoxy) is 1. The molecule has 4 heteroatoms. The molecule has 1 saturated heterocycles. The lowest BCUT2D eigenvalue weighted by molar-refractivity contribution is -0.128. The van der Waals surface area contributed by atoms with Gasteiger partial charge in [0, 0.05) is 12.1 Å². The Balaban J connectivity index is 1.89. The van der Waals surface area contributed by atoms with Gasteiger partial charge in [0.15, 0.2) is 0 Å². The summed E-state index contributed by atoms with van der Waals surface area (Å²) in [6.07, 6.45) is 2.03. The van der Waals surface area contributed by atoms with Crippen molar-refractivity contribution < 1.29 is 9.53 Å². The van der Waals surface area contributed by atoms with E-state index in [2.05, 4.69) is 12.2 Å². The topological polar surface area (TPSA) is 64.3 Å². The molecule has 0 radical (unpaired) electrons. The third kappa shape index (κ3) is 2.09. The van der Waals surface area contributed by atoms with Gasteiger partial charge >= 0.3 is 0 Å². The van der Waals surface area contributed by atoms with Gasteiger partial charge in [-0.2, -0.15) is 0 Å². The maximum absolute atomic E-state index is 12.1. The van der Waals surface area contributed by atoms with Crippen molar-refractivity contribution in [2.24, 2.45) is 17.6 Å². The minimum atomic E-state index is -0.00757. The van der Waals surface area contributed by atoms with E-state index >= 15 is 0 Å². The van der Waals surface area contributed by atoms with Gasteiger partial charge in [0.1, 0.15) is 0 Å². The van der Waals surface area contributed by atoms with Crippen molar-refractivity contribution in [3.05, 3.63) is 0 Å². The largest absolute Gasteiger partial charge is 0.374 e. The molecular weight excluding hydrogens is 204 g/mol. The third-order valence-electron chi connectivity index (χ3n) is 4.07. The van der Waals surface area contributed by atoms with Crippen molar-refractivity contribution in [2.45, 2.75) is 57.9 Å². The third-order valence-corrected chi connectivity index (χ3v) is 4.07. The first kappa shape index (κ1) is 11.9. The van der Waals surface area contributed by atoms with E-state index in [0.717, 1.165) is 12.8 Å². The number of hydrogen-bond acceptors (Lipinski definition) is 3. The van der Waals surface area contributed by atoms with Gasteiger partial charge in [0.25, 0.3) is 0 Å². The van der Waals surface area contributed by atoms with Crippen molar-refractivity contribution in [1.29, 1.82) is 0 Å². The summed E-state index contributed by atoms with van der Waals surface area (Å²) in [7, 11) is 0. The van der Waals surface area contributed by atoms with Crippen LogP contribution in [0.15, 0.2) is 0 Å². The Bertz CT molecular complexity index is 276. The van der Waals surface area contributed by atoms with Crippen molar-refractivity contribution in [3.63, 3.8) is 0 Å². The second kappa shape index (κ2) is 4.34. The van der Waals surface area contributed by atoms with Crippen molar-refractivity contribution in [2.75, 3.05) is 0 Å². The van der Waals surface area contributed by atoms with Crippen LogP contribution >= 0.6 is 0 Å². The van der Waals surface area contributed by atoms with Gasteiger partial charge in [-0.25, -0.2) is 0 Å². The predicted octanol–water partition coefficient (Wildman–Crippen LogP) is 0.652. The Morgan fingerprint density at radius 2 is 1.88 bits per heavy atom. The van der Waals surface area contributed by atoms with E-state index in [9.17, 15) is 4.79 Å². The van der Waals surface area contributed by atoms with Gasteiger partial charge in [-0.15, -0.1) is 0 Å². The molecule has 4 nitrogen and oxygen atoms in total. The molecule has 2 aliphatic rings. The number of hydrogen-bond donors (Lipinski definition) is 2. The molecule has 1 amide bonds. The molecular formula is C12H22N2O2. The van der Waals surface area contributed by atoms with E-state index in [1.807, 2.05) is 13.8 Å². The van der Waals surface area contributed by atoms with Gasteiger partial charge < -0.3 is 15.8 Å². The molecule has 16 heavy (non-hydrogen) atoms. The lowest BCUT2D eigenvalue weighted by Crippen LogP contribution is -2.52. The lowest BCUT2D eigenvalue weighted by Gasteiger charge is -2.34. The predicted molar refractivity (Wildman–Crippen MR) is 61.8 cm³/mol. The summed E-state index contributed by atoms with van der Waals surface area (Å²) in [5.74, 6) is 0.428. The molecule has 1 heterocycles. The Hall–Kier alpha value is -0.610. The average molecular weight is 226 g/mol. The summed E-state index contributed by atoms with van der Waals surface area (Å²) < 4.78 is 5.68. The van der Waals surface area contributed by atoms with Crippen LogP contribution in [0.4, 0.5) is 0 Å². The first-order valence-electron chi connectivity index (χ1n) is 6.20. The monoisotopic (exact) mass is 226 g/mol. The first-order chi connectivity index (χ1) is 7.49. The summed E-state index contributed by atoms with van der Waals surface area (Å²) in [5, 5.41) is 3.07. The van der Waals surface area contributed by atoms with Gasteiger partial charge in [0.05, 0.1) is 18.1 Å². The van der Waals surface area contributed by atoms with Crippen LogP contribution < -0.4 is 11.1 Å². The molecule has 2 fully saturated rings. The molecule has 0 aromatic carbocycles. The van der Waals surface area contributed by atoms with Gasteiger partial charge in [-0.3, -0.25) is 4.79 Å². The van der Waals surface area contributed by atoms with Crippen molar-refractivity contribution >= 4 is 5.91 Å². The Labute approximate surface area is 96.9 Å². The number of amides is 1. The highest BCUT2D eigenvalue weighted by atomic mass is 16.5. The Morgan fingerprint density at radius 3 is 2.31 bits per heavy atom. The van der Waals surface area contributed by atoms with Crippen molar-refractivity contribution in [1.82, 2.24) is 5.32 Å². The first-order valence-corrected chi connectivity index (χ1v) is 6.20. The Kier molecular flexibility index (Phi) is 3.22. The molecule has 0 aromatic rings. The summed E-state index contributed by atoms with van der Waals surface area (Å²) in [6, 6.07) is 0.566. The minimum absolute atomic E-state index is 0.00757. The quantitative estimate of drug-likeness (QED) is 0.726. The van der Waals surface area contributed by atoms with E-state index in [-0.39, 0.29) is 36.1 Å². The fourth-order valence-corrected chi connectivity index (χ4v) is 2.80. The molecule has 0 bridgehead atoms. The normalized spacial score (nSPS) is 47.5. The van der Waals surface area contributed by atoms with E-state index in [4.69, 9.17) is 10.5 Å². The highest BCUT2D eigenvalue weighted by Crippen LogP contribution is 2.32. The molecule has 3 N–H and O–H groups in total. The Morgan fingerprint density at radius 1 is 1.25 bits per heavy atom. The molecule has 92 valence electrons. The zero-order chi connectivity index (χ0) is 11.9. The molecule has 0 aromatic heterocycles. The van der Waals surface area contributed by atoms with Crippen LogP contribution in [0.3, 0.4) is 0 Å². The number of carbonyl (C=O) groups excluding carboxylic acids is 1. The molecule has 4 atom stereocenters. The zero-order valence-electron chi connectivity index (χ0n) is 10.3. The number of carbonyl (C=O) groups is 1. The summed E-state index contributed by atoms with van der Waals surface area (Å²) in [5.41, 5.74) is 5.70. The molecule has 1 aliphatic heterocycles. The van der Waals surface area contributed by atoms with Crippen LogP contribution in [-0.2, 0) is 9.53 Å². The molecule has 0 spiro atoms. The second-order valence-electron chi connectivity index (χ2n) is 5.37. The fourth-order valence-electron chi connectivity index (χ4n) is 2.80. The molecule has 1 saturated carbocycles. The van der Waals surface area contributed by atoms with Crippen LogP contribution in [0.2, 0.25) is 0 Å². The molecule has 1 aliphatic carbocycles. The van der Waals surface area contributed by atoms with Crippen molar-refractivity contribution in [3.8, 4) is 0 Å². The number of rotatable bonds is 2. The maximum Gasteiger partial charge on any atom is 0.226 e. The fraction of sp³-hybridized carbons (Fsp3) is 0.917. The summed E-state index contributed by atoms with van der Waals surface area (Å²) in [4.78, 5) is 12.1. The highest BCUT2D eigenvalue weighted by Gasteiger charge is 2.42. The van der Waals surface area contributed by atoms with Gasteiger partial charge in [-0.05, 0) is 32.6 Å². The van der Waals surface area contributed by atoms with E-state index < -0.39 is 0 Å². The van der Waals surface area contributed by atoms with E-state index in [1.165, 1.54) is 0 Å². The lowest BCUT2D eigenvalue weighted by atomic mass is 9.85. The molecule has 4 unspecified atom stereocenters. The molecule has 2 rings (SSSR count). The second-order valence-corrected chi connectivity index (χ2v) is 5.37. The van der Waals surface area contributed by atoms with Gasteiger partial charge in [-0.1, -0.05) is 6.92 Å². The SMILES string of the molecule is CC1OC(C)C(C(=O)NC2CC(N)C2)C1C. The zero-order valence-corrected chi connectivity index (χ0v) is 10.3. The van der Waals surface area contributed by atoms with Crippen LogP contribution in [0.25, 0.3) is 0 Å². The number of nitrogens with two attached hydrogens (primary N) is 1. The van der Waals surface area contributed by atoms with Crippen LogP contribution in [-0.4, -0.2) is 30.2 Å². The maximum atomic E-state index is 12.1. The number of nitrogens with one attached hydrogen (secondary N) is 1. The van der Waals surface area contributed by atoms with Gasteiger partial charge in [0.2, 0.25) is 5.91 Å². The minimum Gasteiger partial charge on any atom is -0.374 e. The summed E-state index contributed by atoms with van der Waals surface area (Å²) >= 11 is 0. The standard InChI is InChI=1S/C12H22N2O2/c1-6-7(2)16-8(3)11(6)12(15)14-10-4-9(13)5-10/h6-11H,4-5,13H2,1-3H3,(H,14,15).